The molecule has 1 saturated heterocycles. The fourth-order valence-electron chi connectivity index (χ4n) is 2.25. The lowest BCUT2D eigenvalue weighted by Crippen LogP contribution is -2.33. The van der Waals surface area contributed by atoms with Crippen molar-refractivity contribution in [3.05, 3.63) is 28.3 Å². The van der Waals surface area contributed by atoms with Crippen LogP contribution in [0.5, 0.6) is 0 Å². The Kier molecular flexibility index (Phi) is 3.33. The van der Waals surface area contributed by atoms with Crippen molar-refractivity contribution in [2.45, 2.75) is 12.8 Å². The molecule has 2 N–H and O–H groups in total. The number of nitro groups is 1. The molecule has 94 valence electrons. The minimum absolute atomic E-state index is 0.0343. The molecular weight excluding hydrogens is 232 g/mol. The normalized spacial score (nSPS) is 16.3. The van der Waals surface area contributed by atoms with Gasteiger partial charge in [-0.25, -0.2) is 0 Å². The minimum atomic E-state index is -0.443. The van der Waals surface area contributed by atoms with Crippen LogP contribution in [0.15, 0.2) is 18.2 Å². The lowest BCUT2D eigenvalue weighted by atomic mass is 9.98. The molecule has 1 heterocycles. The number of nitrogens with two attached hydrogens (primary N) is 1. The zero-order valence-electron chi connectivity index (χ0n) is 9.87. The monoisotopic (exact) mass is 246 g/mol. The maximum Gasteiger partial charge on any atom is 0.315 e. The average Bonchev–Trinajstić information content (AvgIpc) is 2.38. The molecule has 1 fully saturated rings. The first-order valence-electron chi connectivity index (χ1n) is 5.81. The SMILES string of the molecule is N#CC1CCN(c2cccc(N)c2[N+](=O)[O-])CC1. The number of para-hydroxylation sites is 1. The Bertz CT molecular complexity index is 501. The molecule has 0 radical (unpaired) electrons. The number of nitrogens with zero attached hydrogens (tertiary/aromatic N) is 3. The van der Waals surface area contributed by atoms with E-state index in [-0.39, 0.29) is 17.3 Å². The molecule has 0 aromatic heterocycles. The second-order valence-corrected chi connectivity index (χ2v) is 4.36. The van der Waals surface area contributed by atoms with Crippen molar-refractivity contribution < 1.29 is 4.92 Å². The summed E-state index contributed by atoms with van der Waals surface area (Å²) in [5.74, 6) is 0.0568. The van der Waals surface area contributed by atoms with Gasteiger partial charge in [-0.15, -0.1) is 0 Å². The molecule has 1 aliphatic rings. The van der Waals surface area contributed by atoms with Gasteiger partial charge in [-0.3, -0.25) is 10.1 Å². The average molecular weight is 246 g/mol. The van der Waals surface area contributed by atoms with E-state index in [4.69, 9.17) is 11.0 Å². The first-order chi connectivity index (χ1) is 8.63. The summed E-state index contributed by atoms with van der Waals surface area (Å²) < 4.78 is 0. The highest BCUT2D eigenvalue weighted by Crippen LogP contribution is 2.35. The Morgan fingerprint density at radius 1 is 1.44 bits per heavy atom. The maximum atomic E-state index is 11.1. The molecule has 2 rings (SSSR count). The van der Waals surface area contributed by atoms with Crippen molar-refractivity contribution >= 4 is 17.1 Å². The third-order valence-electron chi connectivity index (χ3n) is 3.25. The molecule has 0 spiro atoms. The summed E-state index contributed by atoms with van der Waals surface area (Å²) in [7, 11) is 0. The van der Waals surface area contributed by atoms with Crippen LogP contribution in [-0.4, -0.2) is 18.0 Å². The zero-order valence-corrected chi connectivity index (χ0v) is 9.87. The number of benzene rings is 1. The molecule has 1 aliphatic heterocycles. The van der Waals surface area contributed by atoms with Gasteiger partial charge in [0.05, 0.1) is 11.0 Å². The molecule has 0 unspecified atom stereocenters. The molecule has 6 nitrogen and oxygen atoms in total. The topological polar surface area (TPSA) is 96.2 Å². The zero-order chi connectivity index (χ0) is 13.1. The number of rotatable bonds is 2. The molecule has 18 heavy (non-hydrogen) atoms. The van der Waals surface area contributed by atoms with Crippen LogP contribution in [0.3, 0.4) is 0 Å². The summed E-state index contributed by atoms with van der Waals surface area (Å²) >= 11 is 0. The van der Waals surface area contributed by atoms with E-state index in [2.05, 4.69) is 6.07 Å². The molecular formula is C12H14N4O2. The number of nitro benzene ring substituents is 1. The van der Waals surface area contributed by atoms with E-state index in [1.165, 1.54) is 6.07 Å². The van der Waals surface area contributed by atoms with Crippen molar-refractivity contribution in [2.24, 2.45) is 5.92 Å². The fourth-order valence-corrected chi connectivity index (χ4v) is 2.25. The van der Waals surface area contributed by atoms with Crippen molar-refractivity contribution in [1.82, 2.24) is 0 Å². The molecule has 0 atom stereocenters. The summed E-state index contributed by atoms with van der Waals surface area (Å²) in [6.45, 7) is 1.31. The van der Waals surface area contributed by atoms with Gasteiger partial charge in [-0.2, -0.15) is 5.26 Å². The van der Waals surface area contributed by atoms with Crippen molar-refractivity contribution in [3.8, 4) is 6.07 Å². The van der Waals surface area contributed by atoms with Crippen LogP contribution in [-0.2, 0) is 0 Å². The quantitative estimate of drug-likeness (QED) is 0.488. The highest BCUT2D eigenvalue weighted by molar-refractivity contribution is 5.75. The van der Waals surface area contributed by atoms with Crippen LogP contribution in [0.2, 0.25) is 0 Å². The molecule has 0 bridgehead atoms. The summed E-state index contributed by atoms with van der Waals surface area (Å²) in [4.78, 5) is 12.5. The van der Waals surface area contributed by atoms with Gasteiger partial charge in [-0.05, 0) is 25.0 Å². The molecule has 0 amide bonds. The molecule has 1 aromatic carbocycles. The van der Waals surface area contributed by atoms with Gasteiger partial charge in [0.1, 0.15) is 11.4 Å². The largest absolute Gasteiger partial charge is 0.393 e. The van der Waals surface area contributed by atoms with Crippen LogP contribution < -0.4 is 10.6 Å². The fraction of sp³-hybridized carbons (Fsp3) is 0.417. The lowest BCUT2D eigenvalue weighted by molar-refractivity contribution is -0.383. The minimum Gasteiger partial charge on any atom is -0.393 e. The third-order valence-corrected chi connectivity index (χ3v) is 3.25. The molecule has 0 saturated carbocycles. The second-order valence-electron chi connectivity index (χ2n) is 4.36. The van der Waals surface area contributed by atoms with Crippen LogP contribution in [0.4, 0.5) is 17.1 Å². The van der Waals surface area contributed by atoms with Crippen molar-refractivity contribution in [3.63, 3.8) is 0 Å². The summed E-state index contributed by atoms with van der Waals surface area (Å²) in [6, 6.07) is 7.20. The van der Waals surface area contributed by atoms with Crippen molar-refractivity contribution in [2.75, 3.05) is 23.7 Å². The van der Waals surface area contributed by atoms with E-state index in [0.29, 0.717) is 18.8 Å². The van der Waals surface area contributed by atoms with Gasteiger partial charge in [-0.1, -0.05) is 6.07 Å². The molecule has 0 aliphatic carbocycles. The molecule has 1 aromatic rings. The Morgan fingerprint density at radius 3 is 2.67 bits per heavy atom. The van der Waals surface area contributed by atoms with Crippen LogP contribution in [0, 0.1) is 27.4 Å². The Balaban J connectivity index is 2.27. The predicted octanol–water partition coefficient (Wildman–Crippen LogP) is 1.92. The number of hydrogen-bond donors (Lipinski definition) is 1. The molecule has 6 heteroatoms. The van der Waals surface area contributed by atoms with E-state index in [1.54, 1.807) is 12.1 Å². The van der Waals surface area contributed by atoms with Crippen LogP contribution >= 0.6 is 0 Å². The smallest absolute Gasteiger partial charge is 0.315 e. The highest BCUT2D eigenvalue weighted by atomic mass is 16.6. The second kappa shape index (κ2) is 4.92. The van der Waals surface area contributed by atoms with Gasteiger partial charge in [0.25, 0.3) is 0 Å². The Hall–Kier alpha value is -2.29. The number of piperidine rings is 1. The summed E-state index contributed by atoms with van der Waals surface area (Å²) in [6.07, 6.45) is 1.48. The first kappa shape index (κ1) is 12.2. The summed E-state index contributed by atoms with van der Waals surface area (Å²) in [5, 5.41) is 19.9. The number of anilines is 2. The van der Waals surface area contributed by atoms with E-state index >= 15 is 0 Å². The number of nitriles is 1. The Morgan fingerprint density at radius 2 is 2.11 bits per heavy atom. The number of hydrogen-bond acceptors (Lipinski definition) is 5. The number of nitrogen functional groups attached to an aromatic ring is 1. The highest BCUT2D eigenvalue weighted by Gasteiger charge is 2.26. The standard InChI is InChI=1S/C12H14N4O2/c13-8-9-4-6-15(7-5-9)11-3-1-2-10(14)12(11)16(17)18/h1-3,9H,4-7,14H2. The Labute approximate surface area is 105 Å². The van der Waals surface area contributed by atoms with Gasteiger partial charge in [0.2, 0.25) is 0 Å². The first-order valence-corrected chi connectivity index (χ1v) is 5.81. The van der Waals surface area contributed by atoms with E-state index in [9.17, 15) is 10.1 Å². The van der Waals surface area contributed by atoms with E-state index in [0.717, 1.165) is 12.8 Å². The van der Waals surface area contributed by atoms with Gasteiger partial charge in [0, 0.05) is 19.0 Å². The van der Waals surface area contributed by atoms with Crippen molar-refractivity contribution in [1.29, 1.82) is 5.26 Å². The third kappa shape index (κ3) is 2.20. The van der Waals surface area contributed by atoms with E-state index in [1.807, 2.05) is 4.90 Å². The van der Waals surface area contributed by atoms with Gasteiger partial charge in [0.15, 0.2) is 0 Å². The van der Waals surface area contributed by atoms with Gasteiger partial charge >= 0.3 is 5.69 Å². The van der Waals surface area contributed by atoms with Gasteiger partial charge < -0.3 is 10.6 Å². The summed E-state index contributed by atoms with van der Waals surface area (Å²) in [5.41, 5.74) is 6.36. The van der Waals surface area contributed by atoms with Crippen LogP contribution in [0.1, 0.15) is 12.8 Å². The van der Waals surface area contributed by atoms with Crippen LogP contribution in [0.25, 0.3) is 0 Å². The predicted molar refractivity (Wildman–Crippen MR) is 68.1 cm³/mol. The lowest BCUT2D eigenvalue weighted by Gasteiger charge is -2.30. The van der Waals surface area contributed by atoms with E-state index < -0.39 is 4.92 Å². The maximum absolute atomic E-state index is 11.1.